The molecule has 7 heteroatoms. The van der Waals surface area contributed by atoms with E-state index < -0.39 is 5.97 Å². The molecule has 0 N–H and O–H groups in total. The van der Waals surface area contributed by atoms with Crippen LogP contribution in [0.3, 0.4) is 0 Å². The number of carbonyl (C=O) groups excluding carboxylic acids is 1. The molecule has 25 heavy (non-hydrogen) atoms. The largest absolute Gasteiger partial charge is 0.461 e. The summed E-state index contributed by atoms with van der Waals surface area (Å²) in [6.45, 7) is 2.15. The number of ether oxygens (including phenoxy) is 2. The third-order valence-corrected chi connectivity index (χ3v) is 5.02. The number of aryl methyl sites for hydroxylation is 1. The van der Waals surface area contributed by atoms with Crippen molar-refractivity contribution in [2.45, 2.75) is 20.1 Å². The zero-order valence-electron chi connectivity index (χ0n) is 14.0. The van der Waals surface area contributed by atoms with Crippen LogP contribution in [0, 0.1) is 6.92 Å². The average molecular weight is 358 g/mol. The molecular formula is C18H18N2O4S. The number of thiophene rings is 1. The predicted molar refractivity (Wildman–Crippen MR) is 96.1 cm³/mol. The van der Waals surface area contributed by atoms with E-state index in [0.29, 0.717) is 27.1 Å². The van der Waals surface area contributed by atoms with E-state index in [4.69, 9.17) is 9.47 Å². The smallest absolute Gasteiger partial charge is 0.348 e. The molecule has 1 aromatic carbocycles. The van der Waals surface area contributed by atoms with Crippen LogP contribution in [0.2, 0.25) is 0 Å². The van der Waals surface area contributed by atoms with Crippen LogP contribution >= 0.6 is 11.3 Å². The Balaban J connectivity index is 1.78. The van der Waals surface area contributed by atoms with Crippen LogP contribution in [-0.4, -0.2) is 29.2 Å². The van der Waals surface area contributed by atoms with Crippen molar-refractivity contribution in [3.05, 3.63) is 63.0 Å². The minimum absolute atomic E-state index is 0.119. The molecule has 0 spiro atoms. The molecule has 0 atom stereocenters. The van der Waals surface area contributed by atoms with Gasteiger partial charge in [-0.25, -0.2) is 9.78 Å². The first-order chi connectivity index (χ1) is 12.1. The number of fused-ring (bicyclic) bond motifs is 1. The summed E-state index contributed by atoms with van der Waals surface area (Å²) >= 11 is 1.18. The summed E-state index contributed by atoms with van der Waals surface area (Å²) in [7, 11) is 1.51. The van der Waals surface area contributed by atoms with Crippen molar-refractivity contribution < 1.29 is 14.3 Å². The maximum absolute atomic E-state index is 12.5. The molecule has 130 valence electrons. The van der Waals surface area contributed by atoms with Gasteiger partial charge in [0.05, 0.1) is 12.0 Å². The van der Waals surface area contributed by atoms with E-state index in [-0.39, 0.29) is 18.9 Å². The molecule has 0 saturated carbocycles. The molecule has 0 aliphatic carbocycles. The van der Waals surface area contributed by atoms with E-state index in [9.17, 15) is 9.59 Å². The third-order valence-electron chi connectivity index (χ3n) is 3.84. The first-order valence-corrected chi connectivity index (χ1v) is 8.62. The van der Waals surface area contributed by atoms with Gasteiger partial charge in [-0.05, 0) is 18.1 Å². The van der Waals surface area contributed by atoms with Crippen molar-refractivity contribution in [1.29, 1.82) is 0 Å². The minimum atomic E-state index is -0.422. The molecule has 6 nitrogen and oxygen atoms in total. The number of nitrogens with zero attached hydrogens (tertiary/aromatic N) is 2. The molecular weight excluding hydrogens is 340 g/mol. The Kier molecular flexibility index (Phi) is 5.25. The normalized spacial score (nSPS) is 11.0. The Morgan fingerprint density at radius 3 is 2.76 bits per heavy atom. The SMILES string of the molecule is COCn1cnc2sc(C(=O)OCCc3ccccc3)c(C)c2c1=O. The summed E-state index contributed by atoms with van der Waals surface area (Å²) in [6, 6.07) is 9.81. The van der Waals surface area contributed by atoms with Crippen LogP contribution in [0.15, 0.2) is 41.5 Å². The Labute approximate surface area is 148 Å². The summed E-state index contributed by atoms with van der Waals surface area (Å²) in [5.74, 6) is -0.422. The van der Waals surface area contributed by atoms with Gasteiger partial charge in [0.2, 0.25) is 0 Å². The number of benzene rings is 1. The van der Waals surface area contributed by atoms with Gasteiger partial charge in [0.25, 0.3) is 5.56 Å². The lowest BCUT2D eigenvalue weighted by Gasteiger charge is -2.04. The van der Waals surface area contributed by atoms with Gasteiger partial charge in [0.15, 0.2) is 0 Å². The molecule has 2 aromatic heterocycles. The van der Waals surface area contributed by atoms with Gasteiger partial charge in [-0.1, -0.05) is 30.3 Å². The summed E-state index contributed by atoms with van der Waals surface area (Å²) in [4.78, 5) is 30.0. The molecule has 0 aliphatic rings. The van der Waals surface area contributed by atoms with Crippen molar-refractivity contribution in [2.24, 2.45) is 0 Å². The Hall–Kier alpha value is -2.51. The van der Waals surface area contributed by atoms with E-state index in [1.807, 2.05) is 30.3 Å². The summed E-state index contributed by atoms with van der Waals surface area (Å²) in [5, 5.41) is 0.444. The maximum atomic E-state index is 12.5. The topological polar surface area (TPSA) is 70.4 Å². The lowest BCUT2D eigenvalue weighted by molar-refractivity contribution is 0.0514. The number of esters is 1. The van der Waals surface area contributed by atoms with Crippen molar-refractivity contribution in [3.8, 4) is 0 Å². The van der Waals surface area contributed by atoms with E-state index in [1.54, 1.807) is 6.92 Å². The second-order valence-electron chi connectivity index (χ2n) is 5.55. The number of carbonyl (C=O) groups is 1. The lowest BCUT2D eigenvalue weighted by Crippen LogP contribution is -2.21. The Morgan fingerprint density at radius 1 is 1.28 bits per heavy atom. The van der Waals surface area contributed by atoms with Crippen molar-refractivity contribution in [2.75, 3.05) is 13.7 Å². The van der Waals surface area contributed by atoms with Gasteiger partial charge in [0, 0.05) is 13.5 Å². The molecule has 0 fully saturated rings. The van der Waals surface area contributed by atoms with Crippen LogP contribution in [0.5, 0.6) is 0 Å². The van der Waals surface area contributed by atoms with Crippen LogP contribution in [0.25, 0.3) is 10.2 Å². The Morgan fingerprint density at radius 2 is 2.04 bits per heavy atom. The molecule has 0 aliphatic heterocycles. The second-order valence-corrected chi connectivity index (χ2v) is 6.54. The van der Waals surface area contributed by atoms with Crippen LogP contribution in [-0.2, 0) is 22.6 Å². The molecule has 0 amide bonds. The van der Waals surface area contributed by atoms with E-state index in [1.165, 1.54) is 29.3 Å². The highest BCUT2D eigenvalue weighted by Crippen LogP contribution is 2.27. The molecule has 0 radical (unpaired) electrons. The standard InChI is InChI=1S/C18H18N2O4S/c1-12-14-16(19-10-20(11-23-2)17(14)21)25-15(12)18(22)24-9-8-13-6-4-3-5-7-13/h3-7,10H,8-9,11H2,1-2H3. The summed E-state index contributed by atoms with van der Waals surface area (Å²) in [5.41, 5.74) is 1.49. The monoisotopic (exact) mass is 358 g/mol. The van der Waals surface area contributed by atoms with Crippen molar-refractivity contribution in [1.82, 2.24) is 9.55 Å². The van der Waals surface area contributed by atoms with E-state index in [0.717, 1.165) is 5.56 Å². The quantitative estimate of drug-likeness (QED) is 0.634. The van der Waals surface area contributed by atoms with Crippen LogP contribution in [0.1, 0.15) is 20.8 Å². The fourth-order valence-electron chi connectivity index (χ4n) is 2.56. The number of aromatic nitrogens is 2. The van der Waals surface area contributed by atoms with E-state index >= 15 is 0 Å². The lowest BCUT2D eigenvalue weighted by atomic mass is 10.2. The van der Waals surface area contributed by atoms with Crippen molar-refractivity contribution in [3.63, 3.8) is 0 Å². The van der Waals surface area contributed by atoms with Gasteiger partial charge in [0.1, 0.15) is 22.8 Å². The minimum Gasteiger partial charge on any atom is -0.461 e. The van der Waals surface area contributed by atoms with Gasteiger partial charge in [-0.3, -0.25) is 9.36 Å². The zero-order chi connectivity index (χ0) is 17.8. The maximum Gasteiger partial charge on any atom is 0.348 e. The molecule has 2 heterocycles. The molecule has 0 saturated heterocycles. The highest BCUT2D eigenvalue weighted by atomic mass is 32.1. The van der Waals surface area contributed by atoms with Crippen molar-refractivity contribution >= 4 is 27.5 Å². The summed E-state index contributed by atoms with van der Waals surface area (Å²) < 4.78 is 11.7. The van der Waals surface area contributed by atoms with Gasteiger partial charge >= 0.3 is 5.97 Å². The highest BCUT2D eigenvalue weighted by molar-refractivity contribution is 7.20. The van der Waals surface area contributed by atoms with E-state index in [2.05, 4.69) is 4.98 Å². The molecule has 0 unspecified atom stereocenters. The zero-order valence-corrected chi connectivity index (χ0v) is 14.8. The van der Waals surface area contributed by atoms with Crippen LogP contribution in [0.4, 0.5) is 0 Å². The third kappa shape index (κ3) is 3.62. The average Bonchev–Trinajstić information content (AvgIpc) is 2.96. The first kappa shape index (κ1) is 17.3. The molecule has 3 rings (SSSR count). The fraction of sp³-hybridized carbons (Fsp3) is 0.278. The van der Waals surface area contributed by atoms with Gasteiger partial charge in [-0.15, -0.1) is 11.3 Å². The van der Waals surface area contributed by atoms with Gasteiger partial charge < -0.3 is 9.47 Å². The number of rotatable bonds is 6. The first-order valence-electron chi connectivity index (χ1n) is 7.80. The Bertz CT molecular complexity index is 947. The number of hydrogen-bond donors (Lipinski definition) is 0. The molecule has 3 aromatic rings. The number of methoxy groups -OCH3 is 1. The summed E-state index contributed by atoms with van der Waals surface area (Å²) in [6.07, 6.45) is 2.07. The predicted octanol–water partition coefficient (Wildman–Crippen LogP) is 2.77. The fourth-order valence-corrected chi connectivity index (χ4v) is 3.59. The molecule has 0 bridgehead atoms. The van der Waals surface area contributed by atoms with Crippen LogP contribution < -0.4 is 5.56 Å². The van der Waals surface area contributed by atoms with Gasteiger partial charge in [-0.2, -0.15) is 0 Å². The number of hydrogen-bond acceptors (Lipinski definition) is 6. The second kappa shape index (κ2) is 7.58. The highest BCUT2D eigenvalue weighted by Gasteiger charge is 2.20.